The van der Waals surface area contributed by atoms with E-state index >= 15 is 0 Å². The van der Waals surface area contributed by atoms with Gasteiger partial charge in [0.1, 0.15) is 35.0 Å². The van der Waals surface area contributed by atoms with Crippen molar-refractivity contribution in [2.45, 2.75) is 45.3 Å². The first-order chi connectivity index (χ1) is 14.1. The monoisotopic (exact) mass is 397 g/mol. The molecule has 0 aliphatic carbocycles. The SMILES string of the molecule is CCC(C)n1c(=O)c2c(-c3noc(C4CCCO4)n3)ncn2c2cccc(F)c21. The maximum atomic E-state index is 14.7. The third-order valence-electron chi connectivity index (χ3n) is 5.55. The van der Waals surface area contributed by atoms with Crippen LogP contribution in [0.15, 0.2) is 33.8 Å². The van der Waals surface area contributed by atoms with Crippen molar-refractivity contribution in [3.63, 3.8) is 0 Å². The fourth-order valence-corrected chi connectivity index (χ4v) is 3.89. The van der Waals surface area contributed by atoms with E-state index in [-0.39, 0.29) is 29.0 Å². The lowest BCUT2D eigenvalue weighted by Gasteiger charge is -2.18. The van der Waals surface area contributed by atoms with Crippen molar-refractivity contribution in [2.24, 2.45) is 0 Å². The Morgan fingerprint density at radius 3 is 2.97 bits per heavy atom. The maximum absolute atomic E-state index is 14.7. The van der Waals surface area contributed by atoms with E-state index < -0.39 is 5.82 Å². The summed E-state index contributed by atoms with van der Waals surface area (Å²) in [7, 11) is 0. The molecule has 0 spiro atoms. The molecule has 1 aromatic carbocycles. The van der Waals surface area contributed by atoms with Crippen LogP contribution in [0, 0.1) is 5.82 Å². The minimum Gasteiger partial charge on any atom is -0.368 e. The fraction of sp³-hybridized carbons (Fsp3) is 0.400. The van der Waals surface area contributed by atoms with E-state index in [0.29, 0.717) is 35.6 Å². The molecule has 2 atom stereocenters. The molecule has 1 fully saturated rings. The van der Waals surface area contributed by atoms with Crippen LogP contribution in [0.1, 0.15) is 51.1 Å². The predicted octanol–water partition coefficient (Wildman–Crippen LogP) is 3.66. The van der Waals surface area contributed by atoms with Gasteiger partial charge in [-0.1, -0.05) is 18.1 Å². The molecule has 1 aliphatic heterocycles. The van der Waals surface area contributed by atoms with Crippen LogP contribution in [0.3, 0.4) is 0 Å². The van der Waals surface area contributed by atoms with Gasteiger partial charge in [0.2, 0.25) is 5.82 Å². The zero-order valence-electron chi connectivity index (χ0n) is 16.1. The predicted molar refractivity (Wildman–Crippen MR) is 103 cm³/mol. The second-order valence-corrected chi connectivity index (χ2v) is 7.31. The number of aromatic nitrogens is 5. The Hall–Kier alpha value is -3.07. The number of halogens is 1. The van der Waals surface area contributed by atoms with Crippen molar-refractivity contribution in [2.75, 3.05) is 6.61 Å². The van der Waals surface area contributed by atoms with E-state index in [1.807, 2.05) is 13.8 Å². The summed E-state index contributed by atoms with van der Waals surface area (Å²) in [5.41, 5.74) is 1.08. The lowest BCUT2D eigenvalue weighted by Crippen LogP contribution is -2.26. The van der Waals surface area contributed by atoms with Gasteiger partial charge in [-0.25, -0.2) is 9.37 Å². The molecule has 0 amide bonds. The Balaban J connectivity index is 1.78. The second-order valence-electron chi connectivity index (χ2n) is 7.31. The molecule has 1 saturated heterocycles. The summed E-state index contributed by atoms with van der Waals surface area (Å²) in [6.07, 6.45) is 3.70. The molecule has 1 aliphatic rings. The summed E-state index contributed by atoms with van der Waals surface area (Å²) in [5.74, 6) is 0.159. The van der Waals surface area contributed by atoms with Crippen molar-refractivity contribution in [1.29, 1.82) is 0 Å². The van der Waals surface area contributed by atoms with Crippen LogP contribution in [-0.2, 0) is 4.74 Å². The molecule has 0 N–H and O–H groups in total. The van der Waals surface area contributed by atoms with E-state index in [4.69, 9.17) is 9.26 Å². The molecular formula is C20H20FN5O3. The number of nitrogens with zero attached hydrogens (tertiary/aromatic N) is 5. The number of fused-ring (bicyclic) bond motifs is 3. The summed E-state index contributed by atoms with van der Waals surface area (Å²) in [4.78, 5) is 22.2. The lowest BCUT2D eigenvalue weighted by atomic mass is 10.2. The van der Waals surface area contributed by atoms with Crippen molar-refractivity contribution in [1.82, 2.24) is 24.1 Å². The minimum absolute atomic E-state index is 0.192. The minimum atomic E-state index is -0.447. The van der Waals surface area contributed by atoms with E-state index in [2.05, 4.69) is 15.1 Å². The Bertz CT molecular complexity index is 1270. The highest BCUT2D eigenvalue weighted by Crippen LogP contribution is 2.30. The maximum Gasteiger partial charge on any atom is 0.278 e. The van der Waals surface area contributed by atoms with Gasteiger partial charge in [0.05, 0.1) is 5.52 Å². The first-order valence-corrected chi connectivity index (χ1v) is 9.75. The number of hydrogen-bond acceptors (Lipinski definition) is 6. The first kappa shape index (κ1) is 18.0. The average Bonchev–Trinajstić information content (AvgIpc) is 3.47. The van der Waals surface area contributed by atoms with Crippen LogP contribution in [0.2, 0.25) is 0 Å². The second kappa shape index (κ2) is 6.77. The molecule has 8 nitrogen and oxygen atoms in total. The molecule has 5 rings (SSSR count). The summed E-state index contributed by atoms with van der Waals surface area (Å²) in [6, 6.07) is 4.55. The Kier molecular flexibility index (Phi) is 4.20. The smallest absolute Gasteiger partial charge is 0.278 e. The molecule has 29 heavy (non-hydrogen) atoms. The van der Waals surface area contributed by atoms with E-state index in [9.17, 15) is 9.18 Å². The van der Waals surface area contributed by atoms with Gasteiger partial charge >= 0.3 is 0 Å². The highest BCUT2D eigenvalue weighted by molar-refractivity contribution is 5.84. The van der Waals surface area contributed by atoms with Crippen LogP contribution < -0.4 is 5.56 Å². The average molecular weight is 397 g/mol. The normalized spacial score (nSPS) is 18.1. The first-order valence-electron chi connectivity index (χ1n) is 9.75. The summed E-state index contributed by atoms with van der Waals surface area (Å²) < 4.78 is 28.7. The molecule has 2 unspecified atom stereocenters. The number of para-hydroxylation sites is 1. The number of benzene rings is 1. The molecule has 3 aromatic heterocycles. The van der Waals surface area contributed by atoms with Gasteiger partial charge < -0.3 is 9.26 Å². The van der Waals surface area contributed by atoms with Gasteiger partial charge in [0, 0.05) is 12.6 Å². The van der Waals surface area contributed by atoms with Crippen LogP contribution in [-0.4, -0.2) is 30.7 Å². The molecule has 0 radical (unpaired) electrons. The largest absolute Gasteiger partial charge is 0.368 e. The molecule has 4 heterocycles. The number of rotatable bonds is 4. The highest BCUT2D eigenvalue weighted by Gasteiger charge is 2.27. The molecule has 0 saturated carbocycles. The van der Waals surface area contributed by atoms with Crippen molar-refractivity contribution in [3.8, 4) is 11.5 Å². The lowest BCUT2D eigenvalue weighted by molar-refractivity contribution is 0.0835. The quantitative estimate of drug-likeness (QED) is 0.522. The third-order valence-corrected chi connectivity index (χ3v) is 5.55. The van der Waals surface area contributed by atoms with Gasteiger partial charge in [-0.15, -0.1) is 0 Å². The Labute approximate surface area is 164 Å². The van der Waals surface area contributed by atoms with Gasteiger partial charge in [-0.3, -0.25) is 13.8 Å². The van der Waals surface area contributed by atoms with Gasteiger partial charge in [-0.05, 0) is 38.3 Å². The highest BCUT2D eigenvalue weighted by atomic mass is 19.1. The van der Waals surface area contributed by atoms with E-state index in [0.717, 1.165) is 12.8 Å². The third kappa shape index (κ3) is 2.68. The molecule has 4 aromatic rings. The summed E-state index contributed by atoms with van der Waals surface area (Å²) in [5, 5.41) is 4.02. The fourth-order valence-electron chi connectivity index (χ4n) is 3.89. The summed E-state index contributed by atoms with van der Waals surface area (Å²) in [6.45, 7) is 4.51. The molecule has 150 valence electrons. The zero-order valence-corrected chi connectivity index (χ0v) is 16.1. The van der Waals surface area contributed by atoms with E-state index in [1.165, 1.54) is 17.0 Å². The van der Waals surface area contributed by atoms with Crippen molar-refractivity contribution in [3.05, 3.63) is 46.6 Å². The molecular weight excluding hydrogens is 377 g/mol. The standard InChI is InChI=1S/C20H20FN5O3/c1-3-11(2)26-16-12(21)6-4-7-13(16)25-10-22-15(17(25)20(26)27)18-23-19(29-24-18)14-8-5-9-28-14/h4,6-7,10-11,14H,3,5,8-9H2,1-2H3. The summed E-state index contributed by atoms with van der Waals surface area (Å²) >= 11 is 0. The topological polar surface area (TPSA) is 87.5 Å². The van der Waals surface area contributed by atoms with Crippen LogP contribution in [0.25, 0.3) is 28.1 Å². The van der Waals surface area contributed by atoms with Gasteiger partial charge in [0.25, 0.3) is 11.4 Å². The van der Waals surface area contributed by atoms with Crippen LogP contribution in [0.4, 0.5) is 4.39 Å². The number of ether oxygens (including phenoxy) is 1. The Morgan fingerprint density at radius 2 is 2.21 bits per heavy atom. The van der Waals surface area contributed by atoms with E-state index in [1.54, 1.807) is 16.5 Å². The van der Waals surface area contributed by atoms with Crippen LogP contribution >= 0.6 is 0 Å². The zero-order chi connectivity index (χ0) is 20.1. The number of hydrogen-bond donors (Lipinski definition) is 0. The number of imidazole rings is 1. The van der Waals surface area contributed by atoms with Crippen molar-refractivity contribution >= 4 is 16.6 Å². The van der Waals surface area contributed by atoms with Crippen LogP contribution in [0.5, 0.6) is 0 Å². The van der Waals surface area contributed by atoms with Gasteiger partial charge in [0.15, 0.2) is 0 Å². The molecule has 9 heteroatoms. The van der Waals surface area contributed by atoms with Gasteiger partial charge in [-0.2, -0.15) is 4.98 Å². The Morgan fingerprint density at radius 1 is 1.34 bits per heavy atom. The molecule has 0 bridgehead atoms. The van der Waals surface area contributed by atoms with Crippen molar-refractivity contribution < 1.29 is 13.7 Å².